The first-order chi connectivity index (χ1) is 4.84. The molecule has 1 aliphatic rings. The van der Waals surface area contributed by atoms with Gasteiger partial charge in [0.15, 0.2) is 0 Å². The first-order valence-corrected chi connectivity index (χ1v) is 4.87. The predicted molar refractivity (Wildman–Crippen MR) is 48.1 cm³/mol. The largest absolute Gasteiger partial charge is 0.370 e. The van der Waals surface area contributed by atoms with Crippen molar-refractivity contribution in [2.75, 3.05) is 19.3 Å². The molecule has 0 saturated heterocycles. The van der Waals surface area contributed by atoms with Gasteiger partial charge in [0.2, 0.25) is 0 Å². The lowest BCUT2D eigenvalue weighted by molar-refractivity contribution is 0.415. The van der Waals surface area contributed by atoms with Gasteiger partial charge in [-0.2, -0.15) is 0 Å². The van der Waals surface area contributed by atoms with Gasteiger partial charge in [-0.15, -0.1) is 11.8 Å². The van der Waals surface area contributed by atoms with Gasteiger partial charge in [-0.05, 0) is 18.6 Å². The molecular weight excluding hydrogens is 142 g/mol. The Morgan fingerprint density at radius 2 is 2.50 bits per heavy atom. The Kier molecular flexibility index (Phi) is 3.13. The Bertz CT molecular complexity index is 131. The molecule has 10 heavy (non-hydrogen) atoms. The van der Waals surface area contributed by atoms with E-state index in [2.05, 4.69) is 24.9 Å². The van der Waals surface area contributed by atoms with Gasteiger partial charge >= 0.3 is 0 Å². The number of allylic oxidation sites excluding steroid dienone is 1. The fraction of sp³-hybridized carbons (Fsp3) is 0.750. The van der Waals surface area contributed by atoms with E-state index in [1.165, 1.54) is 30.2 Å². The number of thioether (sulfide) groups is 1. The molecule has 0 aromatic heterocycles. The highest BCUT2D eigenvalue weighted by Crippen LogP contribution is 2.23. The Hall–Kier alpha value is -0.110. The summed E-state index contributed by atoms with van der Waals surface area (Å²) in [5.74, 6) is 1.19. The molecule has 1 aliphatic heterocycles. The summed E-state index contributed by atoms with van der Waals surface area (Å²) in [5.41, 5.74) is 0. The molecule has 0 aliphatic carbocycles. The van der Waals surface area contributed by atoms with Crippen molar-refractivity contribution in [1.29, 1.82) is 0 Å². The molecule has 1 rings (SSSR count). The van der Waals surface area contributed by atoms with Crippen LogP contribution in [0, 0.1) is 0 Å². The molecular formula is C8H15NS. The van der Waals surface area contributed by atoms with E-state index >= 15 is 0 Å². The van der Waals surface area contributed by atoms with Crippen molar-refractivity contribution in [1.82, 2.24) is 4.90 Å². The SMILES string of the molecule is CCSC1=CCCCN1C. The standard InChI is InChI=1S/C8H15NS/c1-3-10-8-6-4-5-7-9(8)2/h6H,3-5,7H2,1-2H3. The van der Waals surface area contributed by atoms with Gasteiger partial charge in [0.05, 0.1) is 5.03 Å². The van der Waals surface area contributed by atoms with Crippen LogP contribution >= 0.6 is 11.8 Å². The third-order valence-corrected chi connectivity index (χ3v) is 2.75. The van der Waals surface area contributed by atoms with Crippen molar-refractivity contribution in [2.45, 2.75) is 19.8 Å². The third-order valence-electron chi connectivity index (χ3n) is 1.69. The van der Waals surface area contributed by atoms with Gasteiger partial charge < -0.3 is 4.90 Å². The average Bonchev–Trinajstić information content (AvgIpc) is 1.94. The van der Waals surface area contributed by atoms with E-state index < -0.39 is 0 Å². The summed E-state index contributed by atoms with van der Waals surface area (Å²) < 4.78 is 0. The minimum atomic E-state index is 1.19. The predicted octanol–water partition coefficient (Wildman–Crippen LogP) is 2.31. The molecule has 1 nitrogen and oxygen atoms in total. The zero-order valence-corrected chi connectivity index (χ0v) is 7.58. The second-order valence-corrected chi connectivity index (χ2v) is 3.82. The molecule has 0 aromatic carbocycles. The van der Waals surface area contributed by atoms with Gasteiger partial charge in [-0.3, -0.25) is 0 Å². The molecule has 0 saturated carbocycles. The number of nitrogens with zero attached hydrogens (tertiary/aromatic N) is 1. The lowest BCUT2D eigenvalue weighted by Gasteiger charge is -2.25. The first kappa shape index (κ1) is 7.99. The molecule has 1 heterocycles. The molecule has 0 radical (unpaired) electrons. The smallest absolute Gasteiger partial charge is 0.0664 e. The van der Waals surface area contributed by atoms with Crippen molar-refractivity contribution in [2.24, 2.45) is 0 Å². The van der Waals surface area contributed by atoms with Crippen LogP contribution in [0.1, 0.15) is 19.8 Å². The summed E-state index contributed by atoms with van der Waals surface area (Å²) in [4.78, 5) is 2.34. The van der Waals surface area contributed by atoms with Crippen LogP contribution < -0.4 is 0 Å². The number of rotatable bonds is 2. The third kappa shape index (κ3) is 1.94. The van der Waals surface area contributed by atoms with E-state index in [1.54, 1.807) is 0 Å². The molecule has 0 fully saturated rings. The summed E-state index contributed by atoms with van der Waals surface area (Å²) in [6.07, 6.45) is 4.94. The molecule has 58 valence electrons. The van der Waals surface area contributed by atoms with Gasteiger partial charge in [0.1, 0.15) is 0 Å². The van der Waals surface area contributed by atoms with Crippen LogP contribution in [0.2, 0.25) is 0 Å². The zero-order chi connectivity index (χ0) is 7.40. The van der Waals surface area contributed by atoms with Crippen molar-refractivity contribution in [3.8, 4) is 0 Å². The molecule has 0 aromatic rings. The van der Waals surface area contributed by atoms with E-state index in [0.717, 1.165) is 0 Å². The molecule has 0 N–H and O–H groups in total. The van der Waals surface area contributed by atoms with Crippen LogP contribution in [0.25, 0.3) is 0 Å². The van der Waals surface area contributed by atoms with E-state index in [9.17, 15) is 0 Å². The van der Waals surface area contributed by atoms with Crippen LogP contribution in [0.15, 0.2) is 11.1 Å². The van der Waals surface area contributed by atoms with Gasteiger partial charge in [-0.1, -0.05) is 13.0 Å². The lowest BCUT2D eigenvalue weighted by Crippen LogP contribution is -2.20. The second-order valence-electron chi connectivity index (χ2n) is 2.54. The topological polar surface area (TPSA) is 3.24 Å². The molecule has 0 spiro atoms. The van der Waals surface area contributed by atoms with Crippen LogP contribution in [0.5, 0.6) is 0 Å². The van der Waals surface area contributed by atoms with Crippen molar-refractivity contribution < 1.29 is 0 Å². The minimum absolute atomic E-state index is 1.19. The maximum absolute atomic E-state index is 2.34. The van der Waals surface area contributed by atoms with E-state index in [1.807, 2.05) is 11.8 Å². The van der Waals surface area contributed by atoms with Gasteiger partial charge in [0, 0.05) is 13.6 Å². The molecule has 0 amide bonds. The molecule has 0 bridgehead atoms. The maximum atomic E-state index is 2.34. The summed E-state index contributed by atoms with van der Waals surface area (Å²) in [7, 11) is 2.17. The monoisotopic (exact) mass is 157 g/mol. The highest BCUT2D eigenvalue weighted by molar-refractivity contribution is 8.02. The van der Waals surface area contributed by atoms with Crippen molar-refractivity contribution in [3.05, 3.63) is 11.1 Å². The minimum Gasteiger partial charge on any atom is -0.370 e. The fourth-order valence-electron chi connectivity index (χ4n) is 1.14. The normalized spacial score (nSPS) is 19.0. The summed E-state index contributed by atoms with van der Waals surface area (Å²) in [6, 6.07) is 0. The van der Waals surface area contributed by atoms with Crippen LogP contribution in [-0.4, -0.2) is 24.2 Å². The van der Waals surface area contributed by atoms with Crippen molar-refractivity contribution in [3.63, 3.8) is 0 Å². The van der Waals surface area contributed by atoms with Gasteiger partial charge in [0.25, 0.3) is 0 Å². The Labute approximate surface area is 67.5 Å². The number of hydrogen-bond donors (Lipinski definition) is 0. The molecule has 0 unspecified atom stereocenters. The van der Waals surface area contributed by atoms with Crippen LogP contribution in [0.3, 0.4) is 0 Å². The second kappa shape index (κ2) is 3.91. The average molecular weight is 157 g/mol. The van der Waals surface area contributed by atoms with Crippen molar-refractivity contribution >= 4 is 11.8 Å². The maximum Gasteiger partial charge on any atom is 0.0664 e. The summed E-state index contributed by atoms with van der Waals surface area (Å²) >= 11 is 1.95. The van der Waals surface area contributed by atoms with E-state index in [4.69, 9.17) is 0 Å². The van der Waals surface area contributed by atoms with E-state index in [0.29, 0.717) is 0 Å². The highest BCUT2D eigenvalue weighted by atomic mass is 32.2. The Morgan fingerprint density at radius 1 is 1.70 bits per heavy atom. The zero-order valence-electron chi connectivity index (χ0n) is 6.76. The molecule has 2 heteroatoms. The quantitative estimate of drug-likeness (QED) is 0.605. The summed E-state index contributed by atoms with van der Waals surface area (Å²) in [5, 5.41) is 1.47. The fourth-order valence-corrected chi connectivity index (χ4v) is 1.98. The Morgan fingerprint density at radius 3 is 3.10 bits per heavy atom. The first-order valence-electron chi connectivity index (χ1n) is 3.88. The number of hydrogen-bond acceptors (Lipinski definition) is 2. The Balaban J connectivity index is 2.44. The van der Waals surface area contributed by atoms with Crippen LogP contribution in [-0.2, 0) is 0 Å². The lowest BCUT2D eigenvalue weighted by atomic mass is 10.2. The highest BCUT2D eigenvalue weighted by Gasteiger charge is 2.07. The summed E-state index contributed by atoms with van der Waals surface area (Å²) in [6.45, 7) is 3.44. The van der Waals surface area contributed by atoms with Gasteiger partial charge in [-0.25, -0.2) is 0 Å². The van der Waals surface area contributed by atoms with Crippen LogP contribution in [0.4, 0.5) is 0 Å². The van der Waals surface area contributed by atoms with E-state index in [-0.39, 0.29) is 0 Å². The molecule has 0 atom stereocenters.